The van der Waals surface area contributed by atoms with Gasteiger partial charge in [0.25, 0.3) is 0 Å². The first-order valence-electron chi connectivity index (χ1n) is 7.67. The van der Waals surface area contributed by atoms with Gasteiger partial charge < -0.3 is 14.0 Å². The molecule has 0 N–H and O–H groups in total. The largest absolute Gasteiger partial charge is 0.454 e. The van der Waals surface area contributed by atoms with E-state index >= 15 is 0 Å². The number of hydrogen-bond donors (Lipinski definition) is 0. The van der Waals surface area contributed by atoms with Crippen LogP contribution in [0.1, 0.15) is 29.7 Å². The molecule has 5 rings (SSSR count). The van der Waals surface area contributed by atoms with Crippen molar-refractivity contribution in [3.8, 4) is 22.9 Å². The first-order valence-corrected chi connectivity index (χ1v) is 7.67. The van der Waals surface area contributed by atoms with Crippen molar-refractivity contribution < 1.29 is 14.0 Å². The molecule has 1 aliphatic heterocycles. The Bertz CT molecular complexity index is 860. The Morgan fingerprint density at radius 2 is 1.78 bits per heavy atom. The monoisotopic (exact) mass is 306 g/mol. The molecule has 2 unspecified atom stereocenters. The second-order valence-corrected chi connectivity index (χ2v) is 5.88. The van der Waals surface area contributed by atoms with Crippen LogP contribution in [-0.2, 0) is 0 Å². The average Bonchev–Trinajstić information content (AvgIpc) is 3.04. The van der Waals surface area contributed by atoms with Crippen molar-refractivity contribution >= 4 is 0 Å². The SMILES string of the molecule is c1ccc(C2CC2c2nc(-c3ccc4c(c3)OCO4)no2)cc1. The Labute approximate surface area is 132 Å². The van der Waals surface area contributed by atoms with Crippen LogP contribution in [0.25, 0.3) is 11.4 Å². The quantitative estimate of drug-likeness (QED) is 0.738. The first kappa shape index (κ1) is 12.7. The van der Waals surface area contributed by atoms with Crippen molar-refractivity contribution in [2.24, 2.45) is 0 Å². The third-order valence-electron chi connectivity index (χ3n) is 4.41. The predicted molar refractivity (Wildman–Crippen MR) is 82.4 cm³/mol. The van der Waals surface area contributed by atoms with E-state index in [1.165, 1.54) is 5.56 Å². The number of nitrogens with zero attached hydrogens (tertiary/aromatic N) is 2. The average molecular weight is 306 g/mol. The summed E-state index contributed by atoms with van der Waals surface area (Å²) in [7, 11) is 0. The van der Waals surface area contributed by atoms with Gasteiger partial charge in [-0.2, -0.15) is 4.98 Å². The van der Waals surface area contributed by atoms with E-state index in [9.17, 15) is 0 Å². The fourth-order valence-corrected chi connectivity index (χ4v) is 3.08. The summed E-state index contributed by atoms with van der Waals surface area (Å²) < 4.78 is 16.2. The number of fused-ring (bicyclic) bond motifs is 1. The zero-order chi connectivity index (χ0) is 15.2. The van der Waals surface area contributed by atoms with E-state index in [1.54, 1.807) is 0 Å². The molecule has 5 nitrogen and oxygen atoms in total. The maximum atomic E-state index is 5.48. The molecule has 0 saturated heterocycles. The summed E-state index contributed by atoms with van der Waals surface area (Å²) in [6, 6.07) is 16.2. The van der Waals surface area contributed by atoms with Crippen molar-refractivity contribution in [2.75, 3.05) is 6.79 Å². The summed E-state index contributed by atoms with van der Waals surface area (Å²) >= 11 is 0. The minimum absolute atomic E-state index is 0.261. The zero-order valence-corrected chi connectivity index (χ0v) is 12.3. The van der Waals surface area contributed by atoms with Gasteiger partial charge in [0, 0.05) is 11.5 Å². The standard InChI is InChI=1S/C18H14N2O3/c1-2-4-11(5-3-1)13-9-14(13)18-19-17(20-23-18)12-6-7-15-16(8-12)22-10-21-15/h1-8,13-14H,9-10H2. The van der Waals surface area contributed by atoms with E-state index in [0.717, 1.165) is 23.5 Å². The summed E-state index contributed by atoms with van der Waals surface area (Å²) in [4.78, 5) is 4.57. The highest BCUT2D eigenvalue weighted by Gasteiger charge is 2.43. The highest BCUT2D eigenvalue weighted by atomic mass is 16.7. The molecular formula is C18H14N2O3. The molecule has 2 aliphatic rings. The van der Waals surface area contributed by atoms with Gasteiger partial charge in [-0.3, -0.25) is 0 Å². The number of ether oxygens (including phenoxy) is 2. The molecule has 2 atom stereocenters. The molecule has 5 heteroatoms. The van der Waals surface area contributed by atoms with Gasteiger partial charge in [-0.05, 0) is 36.1 Å². The van der Waals surface area contributed by atoms with E-state index in [0.29, 0.717) is 23.6 Å². The van der Waals surface area contributed by atoms with Crippen LogP contribution in [-0.4, -0.2) is 16.9 Å². The Morgan fingerprint density at radius 3 is 2.70 bits per heavy atom. The minimum Gasteiger partial charge on any atom is -0.454 e. The summed E-state index contributed by atoms with van der Waals surface area (Å²) in [6.45, 7) is 0.261. The van der Waals surface area contributed by atoms with Gasteiger partial charge in [0.15, 0.2) is 11.5 Å². The lowest BCUT2D eigenvalue weighted by atomic mass is 10.1. The third kappa shape index (κ3) is 2.16. The fraction of sp³-hybridized carbons (Fsp3) is 0.222. The van der Waals surface area contributed by atoms with Gasteiger partial charge in [0.05, 0.1) is 0 Å². The number of rotatable bonds is 3. The highest BCUT2D eigenvalue weighted by Crippen LogP contribution is 2.54. The molecule has 1 fully saturated rings. The molecule has 1 saturated carbocycles. The normalized spacial score (nSPS) is 21.4. The van der Waals surface area contributed by atoms with E-state index < -0.39 is 0 Å². The molecule has 1 aliphatic carbocycles. The Hall–Kier alpha value is -2.82. The number of hydrogen-bond acceptors (Lipinski definition) is 5. The van der Waals surface area contributed by atoms with Crippen molar-refractivity contribution in [1.29, 1.82) is 0 Å². The van der Waals surface area contributed by atoms with Crippen LogP contribution in [0, 0.1) is 0 Å². The molecule has 3 aromatic rings. The molecule has 114 valence electrons. The van der Waals surface area contributed by atoms with Gasteiger partial charge in [-0.15, -0.1) is 0 Å². The van der Waals surface area contributed by atoms with Crippen molar-refractivity contribution in [2.45, 2.75) is 18.3 Å². The Balaban J connectivity index is 1.39. The first-order chi connectivity index (χ1) is 11.4. The zero-order valence-electron chi connectivity index (χ0n) is 12.3. The van der Waals surface area contributed by atoms with E-state index in [-0.39, 0.29) is 6.79 Å². The smallest absolute Gasteiger partial charge is 0.231 e. The van der Waals surface area contributed by atoms with Gasteiger partial charge in [0.2, 0.25) is 18.5 Å². The lowest BCUT2D eigenvalue weighted by molar-refractivity contribution is 0.174. The second-order valence-electron chi connectivity index (χ2n) is 5.88. The maximum Gasteiger partial charge on any atom is 0.231 e. The lowest BCUT2D eigenvalue weighted by Crippen LogP contribution is -1.92. The molecule has 2 heterocycles. The van der Waals surface area contributed by atoms with Gasteiger partial charge in [-0.25, -0.2) is 0 Å². The van der Waals surface area contributed by atoms with Crippen LogP contribution < -0.4 is 9.47 Å². The molecule has 0 amide bonds. The van der Waals surface area contributed by atoms with Crippen LogP contribution >= 0.6 is 0 Å². The molecule has 0 bridgehead atoms. The number of aromatic nitrogens is 2. The van der Waals surface area contributed by atoms with Crippen molar-refractivity contribution in [3.63, 3.8) is 0 Å². The molecule has 1 aromatic heterocycles. The van der Waals surface area contributed by atoms with E-state index in [4.69, 9.17) is 14.0 Å². The van der Waals surface area contributed by atoms with E-state index in [1.807, 2.05) is 24.3 Å². The molecule has 23 heavy (non-hydrogen) atoms. The fourth-order valence-electron chi connectivity index (χ4n) is 3.08. The second kappa shape index (κ2) is 4.84. The lowest BCUT2D eigenvalue weighted by Gasteiger charge is -1.97. The predicted octanol–water partition coefficient (Wildman–Crippen LogP) is 3.74. The molecular weight excluding hydrogens is 292 g/mol. The molecule has 0 spiro atoms. The van der Waals surface area contributed by atoms with Gasteiger partial charge in [-0.1, -0.05) is 35.5 Å². The van der Waals surface area contributed by atoms with Crippen LogP contribution in [0.2, 0.25) is 0 Å². The Kier molecular flexibility index (Phi) is 2.67. The van der Waals surface area contributed by atoms with Gasteiger partial charge >= 0.3 is 0 Å². The topological polar surface area (TPSA) is 57.4 Å². The van der Waals surface area contributed by atoms with E-state index in [2.05, 4.69) is 34.4 Å². The summed E-state index contributed by atoms with van der Waals surface area (Å²) in [6.07, 6.45) is 1.06. The van der Waals surface area contributed by atoms with Crippen LogP contribution in [0.3, 0.4) is 0 Å². The van der Waals surface area contributed by atoms with Crippen LogP contribution in [0.4, 0.5) is 0 Å². The van der Waals surface area contributed by atoms with Gasteiger partial charge in [0.1, 0.15) is 0 Å². The maximum absolute atomic E-state index is 5.48. The Morgan fingerprint density at radius 1 is 0.913 bits per heavy atom. The summed E-state index contributed by atoms with van der Waals surface area (Å²) in [5, 5.41) is 4.12. The molecule has 2 aromatic carbocycles. The minimum atomic E-state index is 0.261. The third-order valence-corrected chi connectivity index (χ3v) is 4.41. The summed E-state index contributed by atoms with van der Waals surface area (Å²) in [5.74, 6) is 3.60. The molecule has 0 radical (unpaired) electrons. The summed E-state index contributed by atoms with van der Waals surface area (Å²) in [5.41, 5.74) is 2.21. The van der Waals surface area contributed by atoms with Crippen molar-refractivity contribution in [1.82, 2.24) is 10.1 Å². The highest BCUT2D eigenvalue weighted by molar-refractivity contribution is 5.61. The van der Waals surface area contributed by atoms with Crippen LogP contribution in [0.15, 0.2) is 53.1 Å². The van der Waals surface area contributed by atoms with Crippen molar-refractivity contribution in [3.05, 3.63) is 60.0 Å². The van der Waals surface area contributed by atoms with Crippen LogP contribution in [0.5, 0.6) is 11.5 Å². The number of benzene rings is 2.